The number of ether oxygens (including phenoxy) is 1. The quantitative estimate of drug-likeness (QED) is 0.861. The summed E-state index contributed by atoms with van der Waals surface area (Å²) < 4.78 is 5.68. The summed E-state index contributed by atoms with van der Waals surface area (Å²) in [5.41, 5.74) is 0.514. The molecule has 0 bridgehead atoms. The standard InChI is InChI=1S/C18H18N4O3/c19-11-12-2-1-3-15(10-12)25-16-8-9-20-18(22-16)21-14-6-4-13(5-7-14)17(23)24/h1-3,8-10,13-14H,4-7H2,(H,23,24)(H,20,21,22). The molecule has 0 spiro atoms. The van der Waals surface area contributed by atoms with Crippen LogP contribution < -0.4 is 10.1 Å². The molecule has 0 atom stereocenters. The maximum absolute atomic E-state index is 11.0. The molecule has 1 aromatic carbocycles. The molecule has 1 aromatic heterocycles. The van der Waals surface area contributed by atoms with Crippen LogP contribution in [0, 0.1) is 17.2 Å². The van der Waals surface area contributed by atoms with Gasteiger partial charge in [0.05, 0.1) is 17.6 Å². The fourth-order valence-electron chi connectivity index (χ4n) is 2.89. The number of carboxylic acids is 1. The number of aromatic nitrogens is 2. The number of hydrogen-bond donors (Lipinski definition) is 2. The molecule has 2 aromatic rings. The first kappa shape index (κ1) is 16.7. The number of carboxylic acid groups (broad SMARTS) is 1. The second kappa shape index (κ2) is 7.62. The highest BCUT2D eigenvalue weighted by atomic mass is 16.5. The molecule has 25 heavy (non-hydrogen) atoms. The molecule has 0 aliphatic heterocycles. The molecule has 3 rings (SSSR count). The largest absolute Gasteiger partial charge is 0.481 e. The van der Waals surface area contributed by atoms with E-state index in [-0.39, 0.29) is 12.0 Å². The van der Waals surface area contributed by atoms with Gasteiger partial charge in [-0.3, -0.25) is 4.79 Å². The lowest BCUT2D eigenvalue weighted by molar-refractivity contribution is -0.142. The van der Waals surface area contributed by atoms with Gasteiger partial charge in [-0.25, -0.2) is 4.98 Å². The van der Waals surface area contributed by atoms with Gasteiger partial charge in [-0.2, -0.15) is 10.2 Å². The zero-order valence-electron chi connectivity index (χ0n) is 13.6. The normalized spacial score (nSPS) is 19.6. The van der Waals surface area contributed by atoms with Gasteiger partial charge in [0.1, 0.15) is 5.75 Å². The first-order chi connectivity index (χ1) is 12.1. The van der Waals surface area contributed by atoms with Gasteiger partial charge in [-0.05, 0) is 43.9 Å². The molecule has 128 valence electrons. The molecule has 1 saturated carbocycles. The van der Waals surface area contributed by atoms with E-state index >= 15 is 0 Å². The van der Waals surface area contributed by atoms with Gasteiger partial charge >= 0.3 is 5.97 Å². The van der Waals surface area contributed by atoms with E-state index < -0.39 is 5.97 Å². The van der Waals surface area contributed by atoms with E-state index in [4.69, 9.17) is 15.1 Å². The van der Waals surface area contributed by atoms with Crippen molar-refractivity contribution in [3.05, 3.63) is 42.1 Å². The van der Waals surface area contributed by atoms with Crippen LogP contribution in [0.1, 0.15) is 31.2 Å². The lowest BCUT2D eigenvalue weighted by Crippen LogP contribution is -2.29. The Hall–Kier alpha value is -3.14. The molecule has 1 fully saturated rings. The van der Waals surface area contributed by atoms with Crippen LogP contribution in [0.2, 0.25) is 0 Å². The van der Waals surface area contributed by atoms with Crippen molar-refractivity contribution in [1.29, 1.82) is 5.26 Å². The highest BCUT2D eigenvalue weighted by molar-refractivity contribution is 5.70. The molecule has 1 aliphatic carbocycles. The number of rotatable bonds is 5. The summed E-state index contributed by atoms with van der Waals surface area (Å²) in [6.45, 7) is 0. The average Bonchev–Trinajstić information content (AvgIpc) is 2.62. The number of hydrogen-bond acceptors (Lipinski definition) is 6. The van der Waals surface area contributed by atoms with Gasteiger partial charge in [0.25, 0.3) is 0 Å². The van der Waals surface area contributed by atoms with Crippen LogP contribution in [0.5, 0.6) is 11.6 Å². The smallest absolute Gasteiger partial charge is 0.306 e. The fourth-order valence-corrected chi connectivity index (χ4v) is 2.89. The van der Waals surface area contributed by atoms with Gasteiger partial charge < -0.3 is 15.2 Å². The molecule has 0 unspecified atom stereocenters. The summed E-state index contributed by atoms with van der Waals surface area (Å²) in [5, 5.41) is 21.2. The van der Waals surface area contributed by atoms with Crippen LogP contribution in [0.4, 0.5) is 5.95 Å². The van der Waals surface area contributed by atoms with E-state index in [1.54, 1.807) is 36.5 Å². The molecule has 0 saturated heterocycles. The van der Waals surface area contributed by atoms with E-state index in [0.717, 1.165) is 12.8 Å². The number of benzene rings is 1. The Morgan fingerprint density at radius 3 is 2.80 bits per heavy atom. The van der Waals surface area contributed by atoms with E-state index in [9.17, 15) is 4.79 Å². The summed E-state index contributed by atoms with van der Waals surface area (Å²) in [5.74, 6) is 0.399. The van der Waals surface area contributed by atoms with E-state index in [1.807, 2.05) is 0 Å². The summed E-state index contributed by atoms with van der Waals surface area (Å²) >= 11 is 0. The van der Waals surface area contributed by atoms with Gasteiger partial charge in [0.15, 0.2) is 0 Å². The Labute approximate surface area is 145 Å². The molecular weight excluding hydrogens is 320 g/mol. The third kappa shape index (κ3) is 4.44. The third-order valence-corrected chi connectivity index (χ3v) is 4.23. The minimum atomic E-state index is -0.718. The number of anilines is 1. The van der Waals surface area contributed by atoms with Gasteiger partial charge in [0, 0.05) is 18.3 Å². The van der Waals surface area contributed by atoms with Crippen LogP contribution in [-0.4, -0.2) is 27.1 Å². The minimum Gasteiger partial charge on any atom is -0.481 e. The third-order valence-electron chi connectivity index (χ3n) is 4.23. The molecule has 7 heteroatoms. The second-order valence-electron chi connectivity index (χ2n) is 5.99. The SMILES string of the molecule is N#Cc1cccc(Oc2ccnc(NC3CCC(C(=O)O)CC3)n2)c1. The lowest BCUT2D eigenvalue weighted by Gasteiger charge is -2.26. The van der Waals surface area contributed by atoms with Crippen LogP contribution in [0.25, 0.3) is 0 Å². The van der Waals surface area contributed by atoms with Gasteiger partial charge in [0.2, 0.25) is 11.8 Å². The minimum absolute atomic E-state index is 0.160. The predicted octanol–water partition coefficient (Wildman–Crippen LogP) is 3.20. The van der Waals surface area contributed by atoms with Crippen molar-refractivity contribution in [3.63, 3.8) is 0 Å². The van der Waals surface area contributed by atoms with Crippen LogP contribution in [-0.2, 0) is 4.79 Å². The fraction of sp³-hybridized carbons (Fsp3) is 0.333. The van der Waals surface area contributed by atoms with Crippen molar-refractivity contribution < 1.29 is 14.6 Å². The van der Waals surface area contributed by atoms with Crippen LogP contribution in [0.3, 0.4) is 0 Å². The van der Waals surface area contributed by atoms with Crippen molar-refractivity contribution in [2.75, 3.05) is 5.32 Å². The van der Waals surface area contributed by atoms with Crippen molar-refractivity contribution in [1.82, 2.24) is 9.97 Å². The summed E-state index contributed by atoms with van der Waals surface area (Å²) in [4.78, 5) is 19.5. The number of aliphatic carboxylic acids is 1. The monoisotopic (exact) mass is 338 g/mol. The summed E-state index contributed by atoms with van der Waals surface area (Å²) in [7, 11) is 0. The maximum atomic E-state index is 11.0. The molecule has 1 aliphatic rings. The molecule has 2 N–H and O–H groups in total. The lowest BCUT2D eigenvalue weighted by atomic mass is 9.86. The van der Waals surface area contributed by atoms with Crippen LogP contribution >= 0.6 is 0 Å². The van der Waals surface area contributed by atoms with E-state index in [0.29, 0.717) is 36.0 Å². The number of nitriles is 1. The Balaban J connectivity index is 1.62. The Morgan fingerprint density at radius 1 is 1.28 bits per heavy atom. The first-order valence-electron chi connectivity index (χ1n) is 8.14. The summed E-state index contributed by atoms with van der Waals surface area (Å²) in [6.07, 6.45) is 4.46. The van der Waals surface area contributed by atoms with Crippen molar-refractivity contribution in [2.24, 2.45) is 5.92 Å². The van der Waals surface area contributed by atoms with E-state index in [1.165, 1.54) is 0 Å². The highest BCUT2D eigenvalue weighted by Crippen LogP contribution is 2.27. The highest BCUT2D eigenvalue weighted by Gasteiger charge is 2.26. The Kier molecular flexibility index (Phi) is 5.09. The Bertz CT molecular complexity index is 795. The predicted molar refractivity (Wildman–Crippen MR) is 90.3 cm³/mol. The average molecular weight is 338 g/mol. The Morgan fingerprint density at radius 2 is 2.08 bits per heavy atom. The maximum Gasteiger partial charge on any atom is 0.306 e. The number of nitrogens with zero attached hydrogens (tertiary/aromatic N) is 3. The second-order valence-corrected chi connectivity index (χ2v) is 5.99. The summed E-state index contributed by atoms with van der Waals surface area (Å²) in [6, 6.07) is 10.7. The first-order valence-corrected chi connectivity index (χ1v) is 8.14. The number of nitrogens with one attached hydrogen (secondary N) is 1. The zero-order chi connectivity index (χ0) is 17.6. The van der Waals surface area contributed by atoms with E-state index in [2.05, 4.69) is 21.4 Å². The molecular formula is C18H18N4O3. The molecule has 0 radical (unpaired) electrons. The molecule has 7 nitrogen and oxygen atoms in total. The topological polar surface area (TPSA) is 108 Å². The van der Waals surface area contributed by atoms with Gasteiger partial charge in [-0.1, -0.05) is 6.07 Å². The van der Waals surface area contributed by atoms with Crippen molar-refractivity contribution >= 4 is 11.9 Å². The van der Waals surface area contributed by atoms with Crippen LogP contribution in [0.15, 0.2) is 36.5 Å². The van der Waals surface area contributed by atoms with Gasteiger partial charge in [-0.15, -0.1) is 0 Å². The molecule has 0 amide bonds. The number of carbonyl (C=O) groups is 1. The molecule has 1 heterocycles. The van der Waals surface area contributed by atoms with Crippen molar-refractivity contribution in [3.8, 4) is 17.7 Å². The van der Waals surface area contributed by atoms with Crippen molar-refractivity contribution in [2.45, 2.75) is 31.7 Å². The zero-order valence-corrected chi connectivity index (χ0v) is 13.6.